The van der Waals surface area contributed by atoms with Gasteiger partial charge in [0, 0.05) is 23.5 Å². The molecule has 0 aliphatic carbocycles. The zero-order valence-corrected chi connectivity index (χ0v) is 13.3. The largest absolute Gasteiger partial charge is 0.508 e. The lowest BCUT2D eigenvalue weighted by atomic mass is 10.2. The average Bonchev–Trinajstić information content (AvgIpc) is 2.58. The minimum atomic E-state index is -0.355. The van der Waals surface area contributed by atoms with E-state index in [1.165, 1.54) is 11.0 Å². The van der Waals surface area contributed by atoms with E-state index in [2.05, 4.69) is 10.3 Å². The second kappa shape index (κ2) is 7.06. The van der Waals surface area contributed by atoms with Crippen LogP contribution in [0.5, 0.6) is 17.2 Å². The molecule has 0 atom stereocenters. The fourth-order valence-electron chi connectivity index (χ4n) is 2.07. The normalized spacial score (nSPS) is 13.0. The summed E-state index contributed by atoms with van der Waals surface area (Å²) in [6.07, 6.45) is 4.92. The first-order chi connectivity index (χ1) is 11.6. The van der Waals surface area contributed by atoms with Crippen molar-refractivity contribution in [3.63, 3.8) is 0 Å². The van der Waals surface area contributed by atoms with E-state index in [-0.39, 0.29) is 18.4 Å². The molecular formula is C17H14ClN3O3. The van der Waals surface area contributed by atoms with E-state index in [0.29, 0.717) is 22.2 Å². The van der Waals surface area contributed by atoms with Crippen LogP contribution >= 0.6 is 11.6 Å². The molecule has 0 saturated heterocycles. The van der Waals surface area contributed by atoms with Gasteiger partial charge in [0.1, 0.15) is 18.2 Å². The molecule has 2 amide bonds. The molecule has 0 aromatic heterocycles. The van der Waals surface area contributed by atoms with Gasteiger partial charge in [0.2, 0.25) is 0 Å². The number of nitrogens with zero attached hydrogens (tertiary/aromatic N) is 2. The highest BCUT2D eigenvalue weighted by atomic mass is 35.5. The maximum absolute atomic E-state index is 12.3. The van der Waals surface area contributed by atoms with Crippen molar-refractivity contribution in [1.82, 2.24) is 4.90 Å². The summed E-state index contributed by atoms with van der Waals surface area (Å²) in [4.78, 5) is 17.7. The minimum Gasteiger partial charge on any atom is -0.508 e. The average molecular weight is 344 g/mol. The number of ether oxygens (including phenoxy) is 1. The van der Waals surface area contributed by atoms with Crippen LogP contribution in [0.2, 0.25) is 5.02 Å². The Bertz CT molecular complexity index is 820. The van der Waals surface area contributed by atoms with Crippen molar-refractivity contribution in [2.75, 3.05) is 12.0 Å². The van der Waals surface area contributed by atoms with Crippen LogP contribution in [0.25, 0.3) is 0 Å². The van der Waals surface area contributed by atoms with Gasteiger partial charge in [-0.1, -0.05) is 17.7 Å². The van der Waals surface area contributed by atoms with Crippen LogP contribution < -0.4 is 10.1 Å². The number of hydrogen-bond acceptors (Lipinski definition) is 4. The van der Waals surface area contributed by atoms with Gasteiger partial charge in [0.05, 0.1) is 5.69 Å². The molecule has 0 unspecified atom stereocenters. The first-order valence-electron chi connectivity index (χ1n) is 7.12. The molecule has 24 heavy (non-hydrogen) atoms. The lowest BCUT2D eigenvalue weighted by molar-refractivity contribution is 0.229. The highest BCUT2D eigenvalue weighted by Crippen LogP contribution is 2.33. The van der Waals surface area contributed by atoms with Crippen LogP contribution in [0.4, 0.5) is 10.5 Å². The molecule has 0 saturated carbocycles. The summed E-state index contributed by atoms with van der Waals surface area (Å²) in [6.45, 7) is 0.242. The zero-order valence-electron chi connectivity index (χ0n) is 12.5. The van der Waals surface area contributed by atoms with Gasteiger partial charge in [-0.05, 0) is 36.4 Å². The van der Waals surface area contributed by atoms with Gasteiger partial charge < -0.3 is 15.2 Å². The van der Waals surface area contributed by atoms with Crippen molar-refractivity contribution in [1.29, 1.82) is 0 Å². The zero-order chi connectivity index (χ0) is 16.9. The van der Waals surface area contributed by atoms with Gasteiger partial charge in [0.15, 0.2) is 5.75 Å². The Morgan fingerprint density at radius 1 is 1.29 bits per heavy atom. The van der Waals surface area contributed by atoms with E-state index >= 15 is 0 Å². The number of halogens is 1. The van der Waals surface area contributed by atoms with E-state index in [4.69, 9.17) is 16.3 Å². The molecule has 2 aromatic rings. The number of amides is 2. The van der Waals surface area contributed by atoms with Crippen LogP contribution in [-0.2, 0) is 0 Å². The van der Waals surface area contributed by atoms with Crippen LogP contribution in [0.1, 0.15) is 0 Å². The Kier molecular flexibility index (Phi) is 4.67. The molecule has 1 aliphatic rings. The quantitative estimate of drug-likeness (QED) is 0.875. The second-order valence-electron chi connectivity index (χ2n) is 4.95. The highest BCUT2D eigenvalue weighted by Gasteiger charge is 2.15. The first-order valence-corrected chi connectivity index (χ1v) is 7.50. The van der Waals surface area contributed by atoms with Gasteiger partial charge in [-0.25, -0.2) is 4.79 Å². The number of carbonyl (C=O) groups excluding carboxylic acids is 1. The number of phenols is 1. The highest BCUT2D eigenvalue weighted by molar-refractivity contribution is 6.31. The van der Waals surface area contributed by atoms with Gasteiger partial charge in [-0.2, -0.15) is 0 Å². The van der Waals surface area contributed by atoms with Gasteiger partial charge in [0.25, 0.3) is 0 Å². The van der Waals surface area contributed by atoms with E-state index in [1.807, 2.05) is 0 Å². The lowest BCUT2D eigenvalue weighted by Crippen LogP contribution is -2.31. The number of hydrogen-bond donors (Lipinski definition) is 2. The molecule has 0 fully saturated rings. The molecule has 122 valence electrons. The van der Waals surface area contributed by atoms with Crippen LogP contribution in [-0.4, -0.2) is 28.9 Å². The lowest BCUT2D eigenvalue weighted by Gasteiger charge is -2.20. The fraction of sp³-hybridized carbons (Fsp3) is 0.0588. The monoisotopic (exact) mass is 343 g/mol. The number of benzene rings is 2. The summed E-state index contributed by atoms with van der Waals surface area (Å²) < 4.78 is 5.73. The molecule has 2 aromatic carbocycles. The van der Waals surface area contributed by atoms with Crippen molar-refractivity contribution < 1.29 is 14.6 Å². The van der Waals surface area contributed by atoms with Gasteiger partial charge in [-0.3, -0.25) is 9.89 Å². The number of rotatable bonds is 3. The number of anilines is 1. The molecule has 6 nitrogen and oxygen atoms in total. The molecular weight excluding hydrogens is 330 g/mol. The molecule has 0 spiro atoms. The summed E-state index contributed by atoms with van der Waals surface area (Å²) in [5, 5.41) is 12.7. The van der Waals surface area contributed by atoms with Crippen molar-refractivity contribution in [2.24, 2.45) is 4.99 Å². The summed E-state index contributed by atoms with van der Waals surface area (Å²) in [6, 6.07) is 10.9. The molecule has 2 N–H and O–H groups in total. The number of urea groups is 1. The maximum Gasteiger partial charge on any atom is 0.327 e. The number of aromatic hydroxyl groups is 1. The Morgan fingerprint density at radius 3 is 2.92 bits per heavy atom. The fourth-order valence-corrected chi connectivity index (χ4v) is 2.24. The number of allylic oxidation sites excluding steroid dienone is 1. The van der Waals surface area contributed by atoms with Crippen molar-refractivity contribution in [3.8, 4) is 17.2 Å². The smallest absolute Gasteiger partial charge is 0.327 e. The van der Waals surface area contributed by atoms with Crippen molar-refractivity contribution in [3.05, 3.63) is 59.8 Å². The third-order valence-electron chi connectivity index (χ3n) is 3.18. The minimum absolute atomic E-state index is 0.0864. The molecule has 7 heteroatoms. The third kappa shape index (κ3) is 3.85. The van der Waals surface area contributed by atoms with Gasteiger partial charge >= 0.3 is 6.03 Å². The summed E-state index contributed by atoms with van der Waals surface area (Å²) in [5.74, 6) is 0.932. The van der Waals surface area contributed by atoms with Crippen LogP contribution in [0.15, 0.2) is 59.7 Å². The predicted octanol–water partition coefficient (Wildman–Crippen LogP) is 4.23. The van der Waals surface area contributed by atoms with E-state index < -0.39 is 0 Å². The molecule has 0 radical (unpaired) electrons. The molecule has 1 heterocycles. The summed E-state index contributed by atoms with van der Waals surface area (Å²) in [5.41, 5.74) is 0.416. The topological polar surface area (TPSA) is 74.2 Å². The predicted molar refractivity (Wildman–Crippen MR) is 93.0 cm³/mol. The van der Waals surface area contributed by atoms with Crippen LogP contribution in [0.3, 0.4) is 0 Å². The Hall–Kier alpha value is -2.99. The van der Waals surface area contributed by atoms with E-state index in [0.717, 1.165) is 0 Å². The number of nitrogens with one attached hydrogen (secondary N) is 1. The Balaban J connectivity index is 1.81. The third-order valence-corrected chi connectivity index (χ3v) is 3.42. The van der Waals surface area contributed by atoms with Gasteiger partial charge in [-0.15, -0.1) is 0 Å². The molecule has 3 rings (SSSR count). The number of carbonyl (C=O) groups is 1. The Morgan fingerprint density at radius 2 is 2.17 bits per heavy atom. The maximum atomic E-state index is 12.3. The second-order valence-corrected chi connectivity index (χ2v) is 5.39. The standard InChI is InChI=1S/C17H14ClN3O3/c18-12-5-6-16(24-14-4-1-3-13(22)10-14)15(9-12)20-17(23)21-8-2-7-19-11-21/h1-10,22H,11H2,(H,20,23). The number of aliphatic imine (C=N–C) groups is 1. The van der Waals surface area contributed by atoms with Crippen LogP contribution in [0, 0.1) is 0 Å². The van der Waals surface area contributed by atoms with E-state index in [1.54, 1.807) is 54.9 Å². The van der Waals surface area contributed by atoms with E-state index in [9.17, 15) is 9.90 Å². The Labute approximate surface area is 143 Å². The first kappa shape index (κ1) is 15.9. The summed E-state index contributed by atoms with van der Waals surface area (Å²) in [7, 11) is 0. The number of phenolic OH excluding ortho intramolecular Hbond substituents is 1. The molecule has 0 bridgehead atoms. The summed E-state index contributed by atoms with van der Waals surface area (Å²) >= 11 is 6.02. The van der Waals surface area contributed by atoms with Crippen molar-refractivity contribution in [2.45, 2.75) is 0 Å². The van der Waals surface area contributed by atoms with Crippen molar-refractivity contribution >= 4 is 29.5 Å². The molecule has 1 aliphatic heterocycles. The SMILES string of the molecule is O=C(Nc1cc(Cl)ccc1Oc1cccc(O)c1)N1C=CC=NC1.